The highest BCUT2D eigenvalue weighted by molar-refractivity contribution is 6.05. The second-order valence-corrected chi connectivity index (χ2v) is 7.81. The van der Waals surface area contributed by atoms with Gasteiger partial charge in [-0.2, -0.15) is 35.1 Å². The summed E-state index contributed by atoms with van der Waals surface area (Å²) in [5, 5.41) is 3.32. The first kappa shape index (κ1) is 28.8. The quantitative estimate of drug-likeness (QED) is 0.416. The van der Waals surface area contributed by atoms with Crippen molar-refractivity contribution in [2.75, 3.05) is 36.0 Å². The Balaban J connectivity index is 2.13. The van der Waals surface area contributed by atoms with Gasteiger partial charge in [-0.1, -0.05) is 12.1 Å². The fourth-order valence-electron chi connectivity index (χ4n) is 3.27. The summed E-state index contributed by atoms with van der Waals surface area (Å²) in [6, 6.07) is 5.33. The topological polar surface area (TPSA) is 98.8 Å². The minimum Gasteiger partial charge on any atom is -0.355 e. The van der Waals surface area contributed by atoms with E-state index >= 15 is 0 Å². The molecule has 1 atom stereocenters. The van der Waals surface area contributed by atoms with E-state index in [9.17, 15) is 54.3 Å². The minimum atomic E-state index is -5.93. The number of anilines is 2. The maximum atomic E-state index is 13.2. The van der Waals surface area contributed by atoms with E-state index in [2.05, 4.69) is 5.32 Å². The maximum Gasteiger partial charge on any atom is 0.455 e. The molecule has 36 heavy (non-hydrogen) atoms. The summed E-state index contributed by atoms with van der Waals surface area (Å²) in [5.41, 5.74) is -0.185. The van der Waals surface area contributed by atoms with Gasteiger partial charge in [-0.3, -0.25) is 19.2 Å². The number of hydrogen-bond donors (Lipinski definition) is 2. The van der Waals surface area contributed by atoms with Gasteiger partial charge in [0.1, 0.15) is 13.0 Å². The van der Waals surface area contributed by atoms with Crippen LogP contribution < -0.4 is 20.4 Å². The number of carbonyl (C=O) groups excluding carboxylic acids is 4. The van der Waals surface area contributed by atoms with E-state index in [1.54, 1.807) is 0 Å². The Hall–Kier alpha value is -3.46. The van der Waals surface area contributed by atoms with Crippen molar-refractivity contribution in [1.82, 2.24) is 10.6 Å². The van der Waals surface area contributed by atoms with Crippen LogP contribution in [0.3, 0.4) is 0 Å². The van der Waals surface area contributed by atoms with E-state index in [4.69, 9.17) is 0 Å². The van der Waals surface area contributed by atoms with Crippen molar-refractivity contribution in [3.63, 3.8) is 0 Å². The standard InChI is InChI=1S/C20H20F8N4O4/c1-11(33)31-8-12(7-29-15(34)6-16(35)30-9-18(21,22)20(26,27)28)17(36)32(10-19(23,24)25)14-5-3-2-4-13(14)31/h2-5,12H,6-10H2,1H3,(H,29,34)(H,30,35)/t12-/m0/s1. The lowest BCUT2D eigenvalue weighted by Crippen LogP contribution is -2.48. The summed E-state index contributed by atoms with van der Waals surface area (Å²) in [4.78, 5) is 50.1. The first-order valence-corrected chi connectivity index (χ1v) is 10.2. The summed E-state index contributed by atoms with van der Waals surface area (Å²) < 4.78 is 102. The molecule has 1 heterocycles. The highest BCUT2D eigenvalue weighted by Crippen LogP contribution is 2.36. The zero-order valence-electron chi connectivity index (χ0n) is 18.5. The molecule has 1 aromatic rings. The highest BCUT2D eigenvalue weighted by atomic mass is 19.4. The maximum absolute atomic E-state index is 13.2. The summed E-state index contributed by atoms with van der Waals surface area (Å²) in [6.45, 7) is -3.80. The molecule has 2 rings (SSSR count). The van der Waals surface area contributed by atoms with E-state index in [1.807, 2.05) is 0 Å². The number of carbonyl (C=O) groups is 4. The smallest absolute Gasteiger partial charge is 0.355 e. The van der Waals surface area contributed by atoms with Crippen LogP contribution in [0.25, 0.3) is 0 Å². The van der Waals surface area contributed by atoms with Crippen molar-refractivity contribution in [1.29, 1.82) is 0 Å². The second kappa shape index (κ2) is 10.7. The van der Waals surface area contributed by atoms with Gasteiger partial charge in [-0.15, -0.1) is 0 Å². The summed E-state index contributed by atoms with van der Waals surface area (Å²) in [6.07, 6.45) is -11.9. The highest BCUT2D eigenvalue weighted by Gasteiger charge is 2.57. The van der Waals surface area contributed by atoms with Gasteiger partial charge < -0.3 is 20.4 Å². The minimum absolute atomic E-state index is 0.0152. The molecule has 0 fully saturated rings. The first-order chi connectivity index (χ1) is 16.4. The largest absolute Gasteiger partial charge is 0.455 e. The van der Waals surface area contributed by atoms with Crippen molar-refractivity contribution in [3.8, 4) is 0 Å². The van der Waals surface area contributed by atoms with Crippen molar-refractivity contribution in [2.45, 2.75) is 31.6 Å². The van der Waals surface area contributed by atoms with Crippen LogP contribution in [0.5, 0.6) is 0 Å². The molecule has 0 radical (unpaired) electrons. The Labute approximate surface area is 198 Å². The number of amides is 4. The van der Waals surface area contributed by atoms with E-state index in [-0.39, 0.29) is 11.4 Å². The van der Waals surface area contributed by atoms with Gasteiger partial charge in [0.2, 0.25) is 23.6 Å². The predicted octanol–water partition coefficient (Wildman–Crippen LogP) is 2.38. The normalized spacial score (nSPS) is 16.8. The predicted molar refractivity (Wildman–Crippen MR) is 108 cm³/mol. The summed E-state index contributed by atoms with van der Waals surface area (Å²) in [7, 11) is 0. The number of rotatable bonds is 7. The van der Waals surface area contributed by atoms with E-state index in [1.165, 1.54) is 29.6 Å². The molecule has 0 saturated heterocycles. The molecule has 0 aromatic heterocycles. The third-order valence-electron chi connectivity index (χ3n) is 4.99. The molecule has 1 aromatic carbocycles. The number of benzene rings is 1. The zero-order chi connectivity index (χ0) is 27.5. The van der Waals surface area contributed by atoms with Crippen molar-refractivity contribution >= 4 is 35.0 Å². The molecular weight excluding hydrogens is 512 g/mol. The van der Waals surface area contributed by atoms with Crippen molar-refractivity contribution in [3.05, 3.63) is 24.3 Å². The molecule has 0 bridgehead atoms. The molecular formula is C20H20F8N4O4. The summed E-state index contributed by atoms with van der Waals surface area (Å²) >= 11 is 0. The van der Waals surface area contributed by atoms with Gasteiger partial charge in [-0.25, -0.2) is 0 Å². The monoisotopic (exact) mass is 532 g/mol. The Morgan fingerprint density at radius 3 is 2.03 bits per heavy atom. The van der Waals surface area contributed by atoms with E-state index in [0.29, 0.717) is 4.90 Å². The molecule has 0 aliphatic carbocycles. The van der Waals surface area contributed by atoms with E-state index in [0.717, 1.165) is 11.8 Å². The third-order valence-corrected chi connectivity index (χ3v) is 4.99. The fourth-order valence-corrected chi connectivity index (χ4v) is 3.27. The van der Waals surface area contributed by atoms with Crippen molar-refractivity contribution < 1.29 is 54.3 Å². The number of fused-ring (bicyclic) bond motifs is 1. The summed E-state index contributed by atoms with van der Waals surface area (Å²) in [5.74, 6) is -11.1. The van der Waals surface area contributed by atoms with Gasteiger partial charge in [0, 0.05) is 20.0 Å². The van der Waals surface area contributed by atoms with Gasteiger partial charge in [0.05, 0.1) is 23.8 Å². The Bertz CT molecular complexity index is 1010. The number of alkyl halides is 8. The van der Waals surface area contributed by atoms with Crippen LogP contribution in [0.1, 0.15) is 13.3 Å². The van der Waals surface area contributed by atoms with Crippen LogP contribution in [0.4, 0.5) is 46.5 Å². The van der Waals surface area contributed by atoms with Crippen LogP contribution in [0.15, 0.2) is 24.3 Å². The molecule has 0 unspecified atom stereocenters. The molecule has 2 N–H and O–H groups in total. The van der Waals surface area contributed by atoms with Gasteiger partial charge in [0.15, 0.2) is 0 Å². The molecule has 1 aliphatic heterocycles. The Morgan fingerprint density at radius 2 is 1.50 bits per heavy atom. The van der Waals surface area contributed by atoms with E-state index < -0.39 is 80.4 Å². The average molecular weight is 532 g/mol. The lowest BCUT2D eigenvalue weighted by atomic mass is 10.1. The van der Waals surface area contributed by atoms with Gasteiger partial charge >= 0.3 is 18.3 Å². The van der Waals surface area contributed by atoms with Crippen LogP contribution in [-0.4, -0.2) is 68.1 Å². The molecule has 0 spiro atoms. The third kappa shape index (κ3) is 7.27. The Kier molecular flexibility index (Phi) is 8.52. The second-order valence-electron chi connectivity index (χ2n) is 7.81. The zero-order valence-corrected chi connectivity index (χ0v) is 18.5. The number of hydrogen-bond acceptors (Lipinski definition) is 4. The number of nitrogens with zero attached hydrogens (tertiary/aromatic N) is 2. The van der Waals surface area contributed by atoms with Crippen LogP contribution in [-0.2, 0) is 19.2 Å². The molecule has 1 aliphatic rings. The molecule has 8 nitrogen and oxygen atoms in total. The molecule has 16 heteroatoms. The lowest BCUT2D eigenvalue weighted by Gasteiger charge is -2.26. The first-order valence-electron chi connectivity index (χ1n) is 10.2. The Morgan fingerprint density at radius 1 is 0.944 bits per heavy atom. The van der Waals surface area contributed by atoms with Crippen LogP contribution in [0.2, 0.25) is 0 Å². The van der Waals surface area contributed by atoms with Gasteiger partial charge in [0.25, 0.3) is 0 Å². The lowest BCUT2D eigenvalue weighted by molar-refractivity contribution is -0.278. The van der Waals surface area contributed by atoms with Crippen molar-refractivity contribution in [2.24, 2.45) is 5.92 Å². The average Bonchev–Trinajstić information content (AvgIpc) is 2.85. The molecule has 0 saturated carbocycles. The molecule has 200 valence electrons. The number of para-hydroxylation sites is 2. The van der Waals surface area contributed by atoms with Crippen LogP contribution >= 0.6 is 0 Å². The SMILES string of the molecule is CC(=O)N1C[C@H](CNC(=O)CC(=O)NCC(F)(F)C(F)(F)F)C(=O)N(CC(F)(F)F)c2ccccc21. The van der Waals surface area contributed by atoms with Gasteiger partial charge in [-0.05, 0) is 12.1 Å². The fraction of sp³-hybridized carbons (Fsp3) is 0.500. The van der Waals surface area contributed by atoms with Crippen LogP contribution in [0, 0.1) is 5.92 Å². The number of halogens is 8. The number of nitrogens with one attached hydrogen (secondary N) is 2. The molecule has 4 amide bonds.